The fraction of sp³-hybridized carbons (Fsp3) is 0.105. The molecule has 0 aliphatic rings. The summed E-state index contributed by atoms with van der Waals surface area (Å²) in [5.41, 5.74) is 5.65. The predicted octanol–water partition coefficient (Wildman–Crippen LogP) is 3.99. The van der Waals surface area contributed by atoms with E-state index in [0.717, 1.165) is 9.86 Å². The first-order valence-corrected chi connectivity index (χ1v) is 11.4. The zero-order valence-corrected chi connectivity index (χ0v) is 18.0. The molecule has 0 saturated heterocycles. The lowest BCUT2D eigenvalue weighted by molar-refractivity contribution is -0.115. The highest BCUT2D eigenvalue weighted by Crippen LogP contribution is 2.41. The minimum absolute atomic E-state index is 0.0492. The summed E-state index contributed by atoms with van der Waals surface area (Å²) in [7, 11) is -2.27. The number of primary amides is 1. The summed E-state index contributed by atoms with van der Waals surface area (Å²) in [6, 6.07) is 15.3. The molecule has 6 nitrogen and oxygen atoms in total. The number of hydrogen-bond acceptors (Lipinski definition) is 5. The van der Waals surface area contributed by atoms with Gasteiger partial charge in [-0.3, -0.25) is 9.52 Å². The van der Waals surface area contributed by atoms with Gasteiger partial charge in [-0.25, -0.2) is 8.42 Å². The van der Waals surface area contributed by atoms with Gasteiger partial charge in [0.25, 0.3) is 10.0 Å². The molecule has 3 aromatic rings. The molecule has 3 N–H and O–H groups in total. The van der Waals surface area contributed by atoms with Gasteiger partial charge in [-0.2, -0.15) is 0 Å². The smallest absolute Gasteiger partial charge is 0.261 e. The standard InChI is InChI=1S/C19H17BrN2O4S2/c1-26-19-15-5-3-2-4-14(15)16(10-17(19)27-11-18(21)23)22-28(24,25)13-8-6-12(20)7-9-13/h2-10,22H,11H2,1H3,(H2,21,23). The summed E-state index contributed by atoms with van der Waals surface area (Å²) in [6.07, 6.45) is 0. The summed E-state index contributed by atoms with van der Waals surface area (Å²) in [5.74, 6) is 0.138. The largest absolute Gasteiger partial charge is 0.495 e. The number of nitrogens with one attached hydrogen (secondary N) is 1. The molecule has 1 amide bonds. The Bertz CT molecular complexity index is 1130. The Labute approximate surface area is 175 Å². The SMILES string of the molecule is COc1c(SCC(N)=O)cc(NS(=O)(=O)c2ccc(Br)cc2)c2ccccc12. The molecular weight excluding hydrogens is 464 g/mol. The second-order valence-corrected chi connectivity index (χ2v) is 9.43. The van der Waals surface area contributed by atoms with Crippen molar-refractivity contribution in [2.75, 3.05) is 17.6 Å². The molecule has 0 aliphatic carbocycles. The number of methoxy groups -OCH3 is 1. The number of fused-ring (bicyclic) bond motifs is 1. The van der Waals surface area contributed by atoms with Crippen molar-refractivity contribution in [3.05, 3.63) is 59.1 Å². The molecule has 0 saturated carbocycles. The van der Waals surface area contributed by atoms with E-state index in [1.54, 1.807) is 24.3 Å². The number of carbonyl (C=O) groups excluding carboxylic acids is 1. The first-order valence-electron chi connectivity index (χ1n) is 8.11. The third kappa shape index (κ3) is 4.43. The molecule has 3 rings (SSSR count). The van der Waals surface area contributed by atoms with E-state index in [2.05, 4.69) is 20.7 Å². The maximum absolute atomic E-state index is 12.8. The average molecular weight is 481 g/mol. The third-order valence-corrected chi connectivity index (χ3v) is 6.86. The van der Waals surface area contributed by atoms with Crippen molar-refractivity contribution in [1.29, 1.82) is 0 Å². The maximum Gasteiger partial charge on any atom is 0.261 e. The molecular formula is C19H17BrN2O4S2. The summed E-state index contributed by atoms with van der Waals surface area (Å²) >= 11 is 4.49. The van der Waals surface area contributed by atoms with Gasteiger partial charge in [-0.15, -0.1) is 11.8 Å². The van der Waals surface area contributed by atoms with Gasteiger partial charge in [0.15, 0.2) is 0 Å². The van der Waals surface area contributed by atoms with E-state index >= 15 is 0 Å². The molecule has 0 spiro atoms. The summed E-state index contributed by atoms with van der Waals surface area (Å²) in [4.78, 5) is 12.0. The number of thioether (sulfide) groups is 1. The Balaban J connectivity index is 2.11. The van der Waals surface area contributed by atoms with Crippen LogP contribution in [0.15, 0.2) is 68.9 Å². The molecule has 0 aromatic heterocycles. The van der Waals surface area contributed by atoms with Gasteiger partial charge in [-0.05, 0) is 30.3 Å². The minimum Gasteiger partial charge on any atom is -0.495 e. The fourth-order valence-electron chi connectivity index (χ4n) is 2.69. The Kier molecular flexibility index (Phi) is 6.17. The number of ether oxygens (including phenoxy) is 1. The zero-order valence-electron chi connectivity index (χ0n) is 14.8. The van der Waals surface area contributed by atoms with E-state index in [9.17, 15) is 13.2 Å². The maximum atomic E-state index is 12.8. The number of nitrogens with two attached hydrogens (primary N) is 1. The van der Waals surface area contributed by atoms with E-state index in [0.29, 0.717) is 21.7 Å². The van der Waals surface area contributed by atoms with Gasteiger partial charge in [0.2, 0.25) is 5.91 Å². The molecule has 0 heterocycles. The van der Waals surface area contributed by atoms with Crippen molar-refractivity contribution >= 4 is 60.1 Å². The lowest BCUT2D eigenvalue weighted by Gasteiger charge is -2.16. The Morgan fingerprint density at radius 2 is 1.79 bits per heavy atom. The monoisotopic (exact) mass is 480 g/mol. The summed E-state index contributed by atoms with van der Waals surface area (Å²) in [6.45, 7) is 0. The first-order chi connectivity index (χ1) is 13.3. The Morgan fingerprint density at radius 1 is 1.14 bits per heavy atom. The molecule has 0 unspecified atom stereocenters. The van der Waals surface area contributed by atoms with Crippen LogP contribution < -0.4 is 15.2 Å². The van der Waals surface area contributed by atoms with Gasteiger partial charge in [0.05, 0.1) is 28.3 Å². The van der Waals surface area contributed by atoms with Crippen molar-refractivity contribution in [2.45, 2.75) is 9.79 Å². The van der Waals surface area contributed by atoms with Crippen LogP contribution in [-0.2, 0) is 14.8 Å². The van der Waals surface area contributed by atoms with Crippen LogP contribution in [0.1, 0.15) is 0 Å². The lowest BCUT2D eigenvalue weighted by Crippen LogP contribution is -2.14. The molecule has 146 valence electrons. The van der Waals surface area contributed by atoms with Crippen molar-refractivity contribution in [1.82, 2.24) is 0 Å². The third-order valence-electron chi connectivity index (χ3n) is 3.90. The second-order valence-electron chi connectivity index (χ2n) is 5.82. The molecule has 0 bridgehead atoms. The predicted molar refractivity (Wildman–Crippen MR) is 115 cm³/mol. The number of halogens is 1. The number of carbonyl (C=O) groups is 1. The van der Waals surface area contributed by atoms with Crippen LogP contribution in [-0.4, -0.2) is 27.2 Å². The van der Waals surface area contributed by atoms with Gasteiger partial charge >= 0.3 is 0 Å². The normalized spacial score (nSPS) is 11.4. The molecule has 0 fully saturated rings. The highest BCUT2D eigenvalue weighted by molar-refractivity contribution is 9.10. The van der Waals surface area contributed by atoms with Gasteiger partial charge < -0.3 is 10.5 Å². The van der Waals surface area contributed by atoms with Crippen LogP contribution in [0.4, 0.5) is 5.69 Å². The fourth-order valence-corrected chi connectivity index (χ4v) is 4.85. The van der Waals surface area contributed by atoms with E-state index in [1.807, 2.05) is 18.2 Å². The van der Waals surface area contributed by atoms with Crippen molar-refractivity contribution in [3.63, 3.8) is 0 Å². The van der Waals surface area contributed by atoms with Crippen LogP contribution in [0, 0.1) is 0 Å². The lowest BCUT2D eigenvalue weighted by atomic mass is 10.1. The number of sulfonamides is 1. The van der Waals surface area contributed by atoms with Gasteiger partial charge in [0.1, 0.15) is 5.75 Å². The van der Waals surface area contributed by atoms with Crippen LogP contribution >= 0.6 is 27.7 Å². The Hall–Kier alpha value is -2.23. The highest BCUT2D eigenvalue weighted by atomic mass is 79.9. The van der Waals surface area contributed by atoms with Crippen molar-refractivity contribution in [3.8, 4) is 5.75 Å². The van der Waals surface area contributed by atoms with Crippen LogP contribution in [0.5, 0.6) is 5.75 Å². The van der Waals surface area contributed by atoms with Crippen LogP contribution in [0.2, 0.25) is 0 Å². The van der Waals surface area contributed by atoms with Crippen LogP contribution in [0.3, 0.4) is 0 Å². The summed E-state index contributed by atoms with van der Waals surface area (Å²) in [5, 5.41) is 1.41. The van der Waals surface area contributed by atoms with E-state index in [4.69, 9.17) is 10.5 Å². The second kappa shape index (κ2) is 8.42. The number of amides is 1. The van der Waals surface area contributed by atoms with Crippen LogP contribution in [0.25, 0.3) is 10.8 Å². The highest BCUT2D eigenvalue weighted by Gasteiger charge is 2.19. The molecule has 0 radical (unpaired) electrons. The molecule has 9 heteroatoms. The summed E-state index contributed by atoms with van der Waals surface area (Å²) < 4.78 is 34.7. The minimum atomic E-state index is -3.80. The molecule has 0 aliphatic heterocycles. The van der Waals surface area contributed by atoms with E-state index in [-0.39, 0.29) is 10.6 Å². The van der Waals surface area contributed by atoms with Gasteiger partial charge in [0, 0.05) is 15.2 Å². The van der Waals surface area contributed by atoms with E-state index < -0.39 is 15.9 Å². The average Bonchev–Trinajstić information content (AvgIpc) is 2.66. The quantitative estimate of drug-likeness (QED) is 0.498. The van der Waals surface area contributed by atoms with Gasteiger partial charge in [-0.1, -0.05) is 40.2 Å². The van der Waals surface area contributed by atoms with Crippen molar-refractivity contribution in [2.24, 2.45) is 5.73 Å². The molecule has 0 atom stereocenters. The number of anilines is 1. The number of hydrogen-bond donors (Lipinski definition) is 2. The first kappa shape index (κ1) is 20.5. The van der Waals surface area contributed by atoms with E-state index in [1.165, 1.54) is 31.0 Å². The topological polar surface area (TPSA) is 98.5 Å². The van der Waals surface area contributed by atoms with Crippen molar-refractivity contribution < 1.29 is 17.9 Å². The Morgan fingerprint density at radius 3 is 2.39 bits per heavy atom. The molecule has 28 heavy (non-hydrogen) atoms. The molecule has 3 aromatic carbocycles. The zero-order chi connectivity index (χ0) is 20.3. The number of rotatable bonds is 7. The number of benzene rings is 3.